The predicted molar refractivity (Wildman–Crippen MR) is 91.1 cm³/mol. The normalized spacial score (nSPS) is 13.4. The molecule has 17 heteroatoms. The summed E-state index contributed by atoms with van der Waals surface area (Å²) in [5.41, 5.74) is 0. The van der Waals surface area contributed by atoms with Crippen LogP contribution in [0.25, 0.3) is 0 Å². The van der Waals surface area contributed by atoms with Gasteiger partial charge in [-0.1, -0.05) is 0 Å². The minimum absolute atomic E-state index is 0. The minimum Gasteiger partial charge on any atom is -0.479 e. The van der Waals surface area contributed by atoms with Gasteiger partial charge in [-0.05, 0) is 0 Å². The van der Waals surface area contributed by atoms with Gasteiger partial charge in [-0.2, -0.15) is 0 Å². The highest BCUT2D eigenvalue weighted by molar-refractivity contribution is 5.94. The lowest BCUT2D eigenvalue weighted by molar-refractivity contribution is -0.172. The molecule has 0 radical (unpaired) electrons. The summed E-state index contributed by atoms with van der Waals surface area (Å²) in [5, 5.41) is 52.0. The standard InChI is InChI=1S/C9H10O13.4Mg.8H/c10-1(5(14)15)3(12)7(18)21-9(20)22-8(19)4(13)2(11)6(16)17;;;;;;;;;;;;/h1-4,10-13H,(H,14,15)(H,16,17);;;;;;;;;;;;. The fourth-order valence-electron chi connectivity index (χ4n) is 0.834. The lowest BCUT2D eigenvalue weighted by Crippen LogP contribution is -2.43. The van der Waals surface area contributed by atoms with Crippen LogP contribution >= 0.6 is 0 Å². The van der Waals surface area contributed by atoms with Crippen LogP contribution in [0.2, 0.25) is 0 Å². The maximum atomic E-state index is 11.0. The third-order valence-corrected chi connectivity index (χ3v) is 1.96. The van der Waals surface area contributed by atoms with Gasteiger partial charge in [0.15, 0.2) is 24.4 Å². The van der Waals surface area contributed by atoms with E-state index in [0.29, 0.717) is 0 Å². The molecule has 0 aromatic heterocycles. The summed E-state index contributed by atoms with van der Waals surface area (Å²) in [6.45, 7) is 0. The highest BCUT2D eigenvalue weighted by Crippen LogP contribution is 2.02. The molecule has 0 aromatic rings. The van der Waals surface area contributed by atoms with E-state index < -0.39 is 54.4 Å². The van der Waals surface area contributed by atoms with Crippen molar-refractivity contribution in [2.75, 3.05) is 0 Å². The molecule has 0 saturated carbocycles. The Kier molecular flexibility index (Phi) is 25.1. The van der Waals surface area contributed by atoms with Gasteiger partial charge >= 0.3 is 122 Å². The molecule has 0 aliphatic heterocycles. The molecule has 0 aliphatic rings. The van der Waals surface area contributed by atoms with E-state index in [0.717, 1.165) is 0 Å². The molecule has 0 aromatic carbocycles. The van der Waals surface area contributed by atoms with Gasteiger partial charge in [0, 0.05) is 0 Å². The third kappa shape index (κ3) is 12.8. The molecule has 4 unspecified atom stereocenters. The Labute approximate surface area is 209 Å². The number of carboxylic acid groups (broad SMARTS) is 2. The number of hydrogen-bond donors (Lipinski definition) is 6. The first-order chi connectivity index (χ1) is 9.98. The summed E-state index contributed by atoms with van der Waals surface area (Å²) in [7, 11) is 0. The first-order valence-corrected chi connectivity index (χ1v) is 5.14. The molecule has 0 amide bonds. The minimum atomic E-state index is -2.69. The first kappa shape index (κ1) is 37.2. The zero-order valence-electron chi connectivity index (χ0n) is 10.4. The van der Waals surface area contributed by atoms with Crippen molar-refractivity contribution in [3.8, 4) is 0 Å². The van der Waals surface area contributed by atoms with Crippen LogP contribution in [-0.4, -0.2) is 177 Å². The van der Waals surface area contributed by atoms with E-state index in [4.69, 9.17) is 30.6 Å². The molecule has 0 fully saturated rings. The SMILES string of the molecule is O=C(OC(=O)C(O)C(O)C(=O)O)OC(=O)C(O)C(O)C(=O)O.[MgH2].[MgH2].[MgH2].[MgH2]. The van der Waals surface area contributed by atoms with Crippen LogP contribution in [0.3, 0.4) is 0 Å². The van der Waals surface area contributed by atoms with Crippen molar-refractivity contribution >= 4 is 122 Å². The summed E-state index contributed by atoms with van der Waals surface area (Å²) >= 11 is 0. The molecule has 0 heterocycles. The second-order valence-corrected chi connectivity index (χ2v) is 3.55. The summed E-state index contributed by atoms with van der Waals surface area (Å²) in [6, 6.07) is 0. The van der Waals surface area contributed by atoms with E-state index in [1.165, 1.54) is 0 Å². The lowest BCUT2D eigenvalue weighted by Gasteiger charge is -2.13. The topological polar surface area (TPSA) is 225 Å². The van der Waals surface area contributed by atoms with Crippen molar-refractivity contribution in [2.24, 2.45) is 0 Å². The van der Waals surface area contributed by atoms with Gasteiger partial charge in [-0.25, -0.2) is 24.0 Å². The second-order valence-electron chi connectivity index (χ2n) is 3.55. The van der Waals surface area contributed by atoms with Gasteiger partial charge in [0.05, 0.1) is 0 Å². The molecule has 0 spiro atoms. The van der Waals surface area contributed by atoms with Gasteiger partial charge < -0.3 is 40.1 Å². The van der Waals surface area contributed by atoms with Gasteiger partial charge in [0.1, 0.15) is 0 Å². The van der Waals surface area contributed by atoms with Crippen molar-refractivity contribution < 1.29 is 64.1 Å². The fraction of sp³-hybridized carbons (Fsp3) is 0.444. The predicted octanol–water partition coefficient (Wildman–Crippen LogP) is -7.86. The largest absolute Gasteiger partial charge is 0.524 e. The van der Waals surface area contributed by atoms with Gasteiger partial charge in [-0.3, -0.25) is 0 Å². The quantitative estimate of drug-likeness (QED) is 0.131. The number of esters is 2. The molecule has 26 heavy (non-hydrogen) atoms. The molecule has 140 valence electrons. The smallest absolute Gasteiger partial charge is 0.479 e. The number of carbonyl (C=O) groups excluding carboxylic acids is 3. The molecule has 13 nitrogen and oxygen atoms in total. The summed E-state index contributed by atoms with van der Waals surface area (Å²) in [5.74, 6) is -8.04. The van der Waals surface area contributed by atoms with E-state index in [2.05, 4.69) is 9.47 Å². The average molecular weight is 431 g/mol. The summed E-state index contributed by atoms with van der Waals surface area (Å²) < 4.78 is 7.22. The van der Waals surface area contributed by atoms with Crippen molar-refractivity contribution in [1.82, 2.24) is 0 Å². The summed E-state index contributed by atoms with van der Waals surface area (Å²) in [4.78, 5) is 53.3. The van der Waals surface area contributed by atoms with E-state index in [9.17, 15) is 24.0 Å². The molecular weight excluding hydrogens is 413 g/mol. The van der Waals surface area contributed by atoms with E-state index in [1.807, 2.05) is 0 Å². The molecule has 0 rings (SSSR count). The van der Waals surface area contributed by atoms with E-state index in [1.54, 1.807) is 0 Å². The van der Waals surface area contributed by atoms with Crippen LogP contribution in [0.5, 0.6) is 0 Å². The first-order valence-electron chi connectivity index (χ1n) is 5.14. The number of carboxylic acids is 2. The Morgan fingerprint density at radius 3 is 0.962 bits per heavy atom. The van der Waals surface area contributed by atoms with Crippen LogP contribution in [0, 0.1) is 0 Å². The van der Waals surface area contributed by atoms with Crippen molar-refractivity contribution in [1.29, 1.82) is 0 Å². The van der Waals surface area contributed by atoms with Crippen LogP contribution in [0.1, 0.15) is 0 Å². The maximum Gasteiger partial charge on any atom is 0.524 e. The number of hydrogen-bond acceptors (Lipinski definition) is 11. The lowest BCUT2D eigenvalue weighted by atomic mass is 10.2. The Morgan fingerprint density at radius 2 is 0.769 bits per heavy atom. The van der Waals surface area contributed by atoms with Crippen LogP contribution in [0.15, 0.2) is 0 Å². The second kappa shape index (κ2) is 17.5. The van der Waals surface area contributed by atoms with Crippen molar-refractivity contribution in [3.63, 3.8) is 0 Å². The van der Waals surface area contributed by atoms with Crippen LogP contribution in [-0.2, 0) is 28.7 Å². The zero-order valence-corrected chi connectivity index (χ0v) is 10.4. The molecule has 6 N–H and O–H groups in total. The number of aliphatic carboxylic acids is 2. The number of aliphatic hydroxyl groups excluding tert-OH is 4. The number of rotatable bonds is 6. The summed E-state index contributed by atoms with van der Waals surface area (Å²) in [6.07, 6.45) is -12.8. The highest BCUT2D eigenvalue weighted by atomic mass is 24.3. The van der Waals surface area contributed by atoms with Crippen molar-refractivity contribution in [2.45, 2.75) is 24.4 Å². The van der Waals surface area contributed by atoms with E-state index in [-0.39, 0.29) is 92.2 Å². The number of aliphatic hydroxyl groups is 4. The Balaban J connectivity index is -0.000000367. The number of carbonyl (C=O) groups is 5. The Bertz CT molecular complexity index is 456. The molecule has 0 saturated heterocycles. The number of ether oxygens (including phenoxy) is 2. The zero-order chi connectivity index (χ0) is 17.6. The third-order valence-electron chi connectivity index (χ3n) is 1.96. The molecule has 0 bridgehead atoms. The maximum absolute atomic E-state index is 11.0. The average Bonchev–Trinajstić information content (AvgIpc) is 2.43. The molecule has 0 aliphatic carbocycles. The fourth-order valence-corrected chi connectivity index (χ4v) is 0.834. The van der Waals surface area contributed by atoms with Crippen molar-refractivity contribution in [3.05, 3.63) is 0 Å². The highest BCUT2D eigenvalue weighted by Gasteiger charge is 2.36. The molecular formula is C9H18Mg4O13. The Morgan fingerprint density at radius 1 is 0.538 bits per heavy atom. The van der Waals surface area contributed by atoms with Gasteiger partial charge in [0.2, 0.25) is 0 Å². The van der Waals surface area contributed by atoms with Gasteiger partial charge in [-0.15, -0.1) is 0 Å². The van der Waals surface area contributed by atoms with Crippen LogP contribution < -0.4 is 0 Å². The van der Waals surface area contributed by atoms with Gasteiger partial charge in [0.25, 0.3) is 0 Å². The molecule has 4 atom stereocenters. The van der Waals surface area contributed by atoms with Crippen LogP contribution in [0.4, 0.5) is 4.79 Å². The van der Waals surface area contributed by atoms with E-state index >= 15 is 0 Å². The Hall–Kier alpha value is 0.455. The monoisotopic (exact) mass is 430 g/mol.